The second-order valence-corrected chi connectivity index (χ2v) is 4.38. The summed E-state index contributed by atoms with van der Waals surface area (Å²) in [5.41, 5.74) is 11.0. The van der Waals surface area contributed by atoms with E-state index >= 15 is 0 Å². The van der Waals surface area contributed by atoms with E-state index in [0.29, 0.717) is 6.54 Å². The number of quaternary nitrogens is 1. The summed E-state index contributed by atoms with van der Waals surface area (Å²) >= 11 is 0. The van der Waals surface area contributed by atoms with Crippen molar-refractivity contribution >= 4 is 12.0 Å². The zero-order chi connectivity index (χ0) is 14.8. The fourth-order valence-corrected chi connectivity index (χ4v) is 1.59. The third kappa shape index (κ3) is 5.81. The van der Waals surface area contributed by atoms with Crippen LogP contribution in [0, 0.1) is 0 Å². The normalized spacial score (nSPS) is 12.6. The van der Waals surface area contributed by atoms with Gasteiger partial charge in [0.1, 0.15) is 5.69 Å². The molecule has 20 heavy (non-hydrogen) atoms. The van der Waals surface area contributed by atoms with Gasteiger partial charge in [0, 0.05) is 6.54 Å². The summed E-state index contributed by atoms with van der Waals surface area (Å²) in [7, 11) is 0. The average molecular weight is 280 g/mol. The zero-order valence-electron chi connectivity index (χ0n) is 11.8. The van der Waals surface area contributed by atoms with Gasteiger partial charge in [0.15, 0.2) is 11.6 Å². The minimum Gasteiger partial charge on any atom is -0.390 e. The Morgan fingerprint density at radius 2 is 2.10 bits per heavy atom. The highest BCUT2D eigenvalue weighted by atomic mass is 19.1. The van der Waals surface area contributed by atoms with Crippen LogP contribution in [-0.2, 0) is 6.54 Å². The number of halogens is 1. The number of benzene rings is 1. The maximum Gasteiger partial charge on any atom is 0.161 e. The van der Waals surface area contributed by atoms with Crippen LogP contribution in [0.15, 0.2) is 40.9 Å². The van der Waals surface area contributed by atoms with Gasteiger partial charge in [-0.1, -0.05) is 19.1 Å². The molecule has 0 heterocycles. The maximum atomic E-state index is 13.9. The Bertz CT molecular complexity index is 453. The Labute approximate surface area is 119 Å². The number of nitrogens with zero attached hydrogens (tertiary/aromatic N) is 1. The number of nitrogens with one attached hydrogen (secondary N) is 2. The van der Waals surface area contributed by atoms with Gasteiger partial charge in [0.25, 0.3) is 0 Å². The molecule has 0 amide bonds. The average Bonchev–Trinajstić information content (AvgIpc) is 2.45. The molecule has 0 aliphatic rings. The highest BCUT2D eigenvalue weighted by Gasteiger charge is 2.05. The number of hydrogen-bond acceptors (Lipinski definition) is 3. The first kappa shape index (κ1) is 16.1. The van der Waals surface area contributed by atoms with E-state index < -0.39 is 0 Å². The molecule has 7 N–H and O–H groups in total. The lowest BCUT2D eigenvalue weighted by molar-refractivity contribution is -0.254. The maximum absolute atomic E-state index is 13.9. The summed E-state index contributed by atoms with van der Waals surface area (Å²) in [4.78, 5) is 3.83. The molecule has 5 nitrogen and oxygen atoms in total. The Balaban J connectivity index is 2.62. The lowest BCUT2D eigenvalue weighted by Gasteiger charge is -2.09. The van der Waals surface area contributed by atoms with Gasteiger partial charge in [-0.15, -0.1) is 0 Å². The second-order valence-electron chi connectivity index (χ2n) is 4.38. The van der Waals surface area contributed by atoms with Gasteiger partial charge in [-0.05, 0) is 30.7 Å². The smallest absolute Gasteiger partial charge is 0.161 e. The lowest BCUT2D eigenvalue weighted by atomic mass is 10.2. The fourth-order valence-electron chi connectivity index (χ4n) is 1.59. The van der Waals surface area contributed by atoms with E-state index in [0.717, 1.165) is 30.6 Å². The Kier molecular flexibility index (Phi) is 7.31. The molecule has 1 aromatic carbocycles. The summed E-state index contributed by atoms with van der Waals surface area (Å²) in [6.07, 6.45) is 2.04. The van der Waals surface area contributed by atoms with E-state index in [4.69, 9.17) is 5.73 Å². The van der Waals surface area contributed by atoms with Crippen LogP contribution in [0.3, 0.4) is 0 Å². The molecule has 0 aliphatic carbocycles. The monoisotopic (exact) mass is 280 g/mol. The van der Waals surface area contributed by atoms with Gasteiger partial charge in [0.2, 0.25) is 0 Å². The molecule has 110 valence electrons. The number of hydrogen-bond donors (Lipinski definition) is 4. The largest absolute Gasteiger partial charge is 0.390 e. The van der Waals surface area contributed by atoms with Crippen LogP contribution in [-0.4, -0.2) is 19.4 Å². The Morgan fingerprint density at radius 1 is 1.40 bits per heavy atom. The molecule has 6 heteroatoms. The molecule has 1 rings (SSSR count). The molecule has 0 atom stereocenters. The number of nitrogens with two attached hydrogens (primary N) is 1. The molecule has 0 saturated heterocycles. The first-order chi connectivity index (χ1) is 9.67. The summed E-state index contributed by atoms with van der Waals surface area (Å²) in [5.74, 6) is -0.191. The van der Waals surface area contributed by atoms with Crippen molar-refractivity contribution < 1.29 is 10.1 Å². The van der Waals surface area contributed by atoms with E-state index in [1.807, 2.05) is 31.2 Å². The van der Waals surface area contributed by atoms with Crippen molar-refractivity contribution in [2.75, 3.05) is 13.1 Å². The molecular formula is C14H23FN5+. The summed E-state index contributed by atoms with van der Waals surface area (Å²) in [5, 5.41) is 5.93. The third-order valence-electron chi connectivity index (χ3n) is 2.65. The molecular weight excluding hydrogens is 257 g/mol. The highest BCUT2D eigenvalue weighted by molar-refractivity contribution is 5.53. The van der Waals surface area contributed by atoms with Crippen LogP contribution in [0.25, 0.3) is 0 Å². The topological polar surface area (TPSA) is 90.1 Å². The van der Waals surface area contributed by atoms with Gasteiger partial charge in [0.05, 0.1) is 12.9 Å². The van der Waals surface area contributed by atoms with Crippen LogP contribution >= 0.6 is 0 Å². The number of rotatable bonds is 8. The van der Waals surface area contributed by atoms with Crippen LogP contribution in [0.1, 0.15) is 18.9 Å². The Morgan fingerprint density at radius 3 is 2.70 bits per heavy atom. The first-order valence-corrected chi connectivity index (χ1v) is 6.65. The van der Waals surface area contributed by atoms with Crippen LogP contribution in [0.5, 0.6) is 0 Å². The van der Waals surface area contributed by atoms with Gasteiger partial charge < -0.3 is 22.1 Å². The SMILES string of the molecule is CCCNCC(F)=C(N=CN)NCc1ccc([NH3+])cc1. The Hall–Kier alpha value is -1.92. The second kappa shape index (κ2) is 9.06. The van der Waals surface area contributed by atoms with Crippen LogP contribution in [0.2, 0.25) is 0 Å². The van der Waals surface area contributed by atoms with Crippen LogP contribution in [0.4, 0.5) is 10.1 Å². The predicted molar refractivity (Wildman–Crippen MR) is 79.8 cm³/mol. The molecule has 0 saturated carbocycles. The molecule has 0 fully saturated rings. The summed E-state index contributed by atoms with van der Waals surface area (Å²) < 4.78 is 13.9. The van der Waals surface area contributed by atoms with Gasteiger partial charge >= 0.3 is 0 Å². The van der Waals surface area contributed by atoms with Crippen molar-refractivity contribution in [2.45, 2.75) is 19.9 Å². The minimum absolute atomic E-state index is 0.144. The predicted octanol–water partition coefficient (Wildman–Crippen LogP) is 0.775. The van der Waals surface area contributed by atoms with Gasteiger partial charge in [-0.2, -0.15) is 0 Å². The quantitative estimate of drug-likeness (QED) is 0.322. The summed E-state index contributed by atoms with van der Waals surface area (Å²) in [6, 6.07) is 7.69. The number of aliphatic imine (C=N–C) groups is 1. The van der Waals surface area contributed by atoms with E-state index in [-0.39, 0.29) is 18.2 Å². The van der Waals surface area contributed by atoms with Crippen molar-refractivity contribution in [1.29, 1.82) is 0 Å². The van der Waals surface area contributed by atoms with Crippen molar-refractivity contribution in [2.24, 2.45) is 10.7 Å². The molecule has 1 aromatic rings. The third-order valence-corrected chi connectivity index (χ3v) is 2.65. The molecule has 0 bridgehead atoms. The van der Waals surface area contributed by atoms with Gasteiger partial charge in [-0.25, -0.2) is 9.38 Å². The van der Waals surface area contributed by atoms with Crippen molar-refractivity contribution in [3.8, 4) is 0 Å². The van der Waals surface area contributed by atoms with E-state index in [2.05, 4.69) is 21.4 Å². The van der Waals surface area contributed by atoms with Crippen molar-refractivity contribution in [1.82, 2.24) is 10.6 Å². The summed E-state index contributed by atoms with van der Waals surface area (Å²) in [6.45, 7) is 3.41. The molecule has 0 aliphatic heterocycles. The van der Waals surface area contributed by atoms with E-state index in [1.165, 1.54) is 0 Å². The standard InChI is InChI=1S/C14H22FN5/c1-2-7-18-9-13(15)14(20-10-16)19-8-11-3-5-12(17)6-4-11/h3-6,10,18-19H,2,7-9,17H2,1H3,(H2,16,20)/p+1. The van der Waals surface area contributed by atoms with Gasteiger partial charge in [-0.3, -0.25) is 0 Å². The van der Waals surface area contributed by atoms with Crippen molar-refractivity contribution in [3.63, 3.8) is 0 Å². The molecule has 0 radical (unpaired) electrons. The lowest BCUT2D eigenvalue weighted by Crippen LogP contribution is -2.39. The molecule has 0 aromatic heterocycles. The van der Waals surface area contributed by atoms with E-state index in [1.54, 1.807) is 0 Å². The first-order valence-electron chi connectivity index (χ1n) is 6.65. The molecule has 0 spiro atoms. The minimum atomic E-state index is -0.353. The van der Waals surface area contributed by atoms with E-state index in [9.17, 15) is 4.39 Å². The zero-order valence-corrected chi connectivity index (χ0v) is 11.8. The van der Waals surface area contributed by atoms with Crippen LogP contribution < -0.4 is 22.1 Å². The fraction of sp³-hybridized carbons (Fsp3) is 0.357. The van der Waals surface area contributed by atoms with Crippen molar-refractivity contribution in [3.05, 3.63) is 41.5 Å². The molecule has 0 unspecified atom stereocenters. The highest BCUT2D eigenvalue weighted by Crippen LogP contribution is 2.07.